The summed E-state index contributed by atoms with van der Waals surface area (Å²) in [5.74, 6) is 1.61. The lowest BCUT2D eigenvalue weighted by atomic mass is 10.1. The highest BCUT2D eigenvalue weighted by molar-refractivity contribution is 6.67. The van der Waals surface area contributed by atoms with Crippen molar-refractivity contribution in [3.63, 3.8) is 0 Å². The fraction of sp³-hybridized carbons (Fsp3) is 0.167. The number of benzene rings is 1. The molecule has 2 rings (SSSR count). The van der Waals surface area contributed by atoms with E-state index in [1.165, 1.54) is 13.2 Å². The van der Waals surface area contributed by atoms with E-state index < -0.39 is 5.24 Å². The third kappa shape index (κ3) is 2.31. The minimum absolute atomic E-state index is 0.0598. The first kappa shape index (κ1) is 12.4. The molecule has 1 heterocycles. The molecular formula is C12H10ClNO4. The van der Waals surface area contributed by atoms with Crippen molar-refractivity contribution in [2.75, 3.05) is 14.2 Å². The van der Waals surface area contributed by atoms with Crippen LogP contribution in [0.15, 0.2) is 28.8 Å². The first-order valence-electron chi connectivity index (χ1n) is 5.04. The van der Waals surface area contributed by atoms with Crippen LogP contribution in [-0.2, 0) is 0 Å². The van der Waals surface area contributed by atoms with Crippen LogP contribution >= 0.6 is 11.6 Å². The summed E-state index contributed by atoms with van der Waals surface area (Å²) >= 11 is 5.31. The predicted molar refractivity (Wildman–Crippen MR) is 65.2 cm³/mol. The Labute approximate surface area is 108 Å². The smallest absolute Gasteiger partial charge is 0.274 e. The molecule has 0 saturated carbocycles. The van der Waals surface area contributed by atoms with Crippen molar-refractivity contribution in [1.82, 2.24) is 5.16 Å². The summed E-state index contributed by atoms with van der Waals surface area (Å²) < 4.78 is 15.4. The second-order valence-electron chi connectivity index (χ2n) is 3.42. The fourth-order valence-corrected chi connectivity index (χ4v) is 1.59. The lowest BCUT2D eigenvalue weighted by Gasteiger charge is -2.07. The van der Waals surface area contributed by atoms with Gasteiger partial charge in [0.2, 0.25) is 0 Å². The van der Waals surface area contributed by atoms with Gasteiger partial charge in [0, 0.05) is 12.1 Å². The standard InChI is InChI=1S/C12H10ClNO4/c1-16-7-3-4-8(10(5-7)17-2)11-6-9(12(13)15)14-18-11/h3-6H,1-2H3. The van der Waals surface area contributed by atoms with E-state index >= 15 is 0 Å². The number of carbonyl (C=O) groups is 1. The van der Waals surface area contributed by atoms with Gasteiger partial charge in [0.05, 0.1) is 19.8 Å². The van der Waals surface area contributed by atoms with Crippen molar-refractivity contribution < 1.29 is 18.8 Å². The molecule has 0 amide bonds. The van der Waals surface area contributed by atoms with Gasteiger partial charge in [-0.1, -0.05) is 5.16 Å². The number of carbonyl (C=O) groups excluding carboxylic acids is 1. The Morgan fingerprint density at radius 3 is 2.61 bits per heavy atom. The van der Waals surface area contributed by atoms with E-state index in [0.29, 0.717) is 22.8 Å². The summed E-state index contributed by atoms with van der Waals surface area (Å²) in [4.78, 5) is 10.9. The van der Waals surface area contributed by atoms with Gasteiger partial charge in [-0.05, 0) is 23.7 Å². The van der Waals surface area contributed by atoms with Crippen molar-refractivity contribution in [3.8, 4) is 22.8 Å². The zero-order valence-electron chi connectivity index (χ0n) is 9.77. The molecule has 2 aromatic rings. The quantitative estimate of drug-likeness (QED) is 0.797. The van der Waals surface area contributed by atoms with Crippen LogP contribution in [0.25, 0.3) is 11.3 Å². The highest BCUT2D eigenvalue weighted by Gasteiger charge is 2.15. The molecule has 1 aromatic heterocycles. The average molecular weight is 268 g/mol. The predicted octanol–water partition coefficient (Wildman–Crippen LogP) is 2.74. The van der Waals surface area contributed by atoms with E-state index in [1.807, 2.05) is 0 Å². The lowest BCUT2D eigenvalue weighted by molar-refractivity contribution is 0.107. The van der Waals surface area contributed by atoms with Gasteiger partial charge in [0.25, 0.3) is 5.24 Å². The molecule has 0 bridgehead atoms. The largest absolute Gasteiger partial charge is 0.497 e. The summed E-state index contributed by atoms with van der Waals surface area (Å²) in [5, 5.41) is 2.90. The number of ether oxygens (including phenoxy) is 2. The van der Waals surface area contributed by atoms with Crippen molar-refractivity contribution in [2.24, 2.45) is 0 Å². The van der Waals surface area contributed by atoms with Gasteiger partial charge < -0.3 is 14.0 Å². The molecule has 0 saturated heterocycles. The Balaban J connectivity index is 2.45. The van der Waals surface area contributed by atoms with E-state index in [9.17, 15) is 4.79 Å². The summed E-state index contributed by atoms with van der Waals surface area (Å²) in [5.41, 5.74) is 0.722. The molecule has 94 valence electrons. The maximum absolute atomic E-state index is 10.9. The van der Waals surface area contributed by atoms with Crippen LogP contribution in [0.3, 0.4) is 0 Å². The molecule has 18 heavy (non-hydrogen) atoms. The molecule has 0 aliphatic rings. The van der Waals surface area contributed by atoms with Crippen LogP contribution in [-0.4, -0.2) is 24.6 Å². The number of hydrogen-bond acceptors (Lipinski definition) is 5. The second kappa shape index (κ2) is 5.10. The number of nitrogens with zero attached hydrogens (tertiary/aromatic N) is 1. The topological polar surface area (TPSA) is 61.6 Å². The van der Waals surface area contributed by atoms with E-state index in [2.05, 4.69) is 5.16 Å². The van der Waals surface area contributed by atoms with Gasteiger partial charge in [-0.15, -0.1) is 0 Å². The van der Waals surface area contributed by atoms with Crippen molar-refractivity contribution >= 4 is 16.8 Å². The van der Waals surface area contributed by atoms with Gasteiger partial charge in [0.15, 0.2) is 11.5 Å². The van der Waals surface area contributed by atoms with Crippen molar-refractivity contribution in [3.05, 3.63) is 30.0 Å². The van der Waals surface area contributed by atoms with E-state index in [1.54, 1.807) is 25.3 Å². The van der Waals surface area contributed by atoms with E-state index in [4.69, 9.17) is 25.6 Å². The number of methoxy groups -OCH3 is 2. The summed E-state index contributed by atoms with van der Waals surface area (Å²) in [6, 6.07) is 6.67. The minimum atomic E-state index is -0.669. The molecule has 0 atom stereocenters. The lowest BCUT2D eigenvalue weighted by Crippen LogP contribution is -1.89. The molecular weight excluding hydrogens is 258 g/mol. The number of hydrogen-bond donors (Lipinski definition) is 0. The van der Waals surface area contributed by atoms with Crippen molar-refractivity contribution in [2.45, 2.75) is 0 Å². The van der Waals surface area contributed by atoms with Crippen molar-refractivity contribution in [1.29, 1.82) is 0 Å². The number of rotatable bonds is 4. The molecule has 0 fully saturated rings. The molecule has 0 N–H and O–H groups in total. The van der Waals surface area contributed by atoms with E-state index in [-0.39, 0.29) is 5.69 Å². The SMILES string of the molecule is COc1ccc(-c2cc(C(=O)Cl)no2)c(OC)c1. The fourth-order valence-electron chi connectivity index (χ4n) is 1.50. The molecule has 1 aromatic carbocycles. The molecule has 0 radical (unpaired) electrons. The van der Waals surface area contributed by atoms with Gasteiger partial charge in [0.1, 0.15) is 11.5 Å². The van der Waals surface area contributed by atoms with Crippen LogP contribution in [0.4, 0.5) is 0 Å². The Bertz CT molecular complexity index is 579. The minimum Gasteiger partial charge on any atom is -0.497 e. The van der Waals surface area contributed by atoms with Crippen LogP contribution in [0, 0.1) is 0 Å². The Kier molecular flexibility index (Phi) is 3.53. The van der Waals surface area contributed by atoms with Crippen LogP contribution in [0.1, 0.15) is 10.5 Å². The third-order valence-electron chi connectivity index (χ3n) is 2.39. The number of halogens is 1. The second-order valence-corrected chi connectivity index (χ2v) is 3.76. The van der Waals surface area contributed by atoms with Crippen LogP contribution in [0.5, 0.6) is 11.5 Å². The monoisotopic (exact) mass is 267 g/mol. The maximum atomic E-state index is 10.9. The molecule has 0 aliphatic heterocycles. The first-order valence-corrected chi connectivity index (χ1v) is 5.42. The Morgan fingerprint density at radius 1 is 1.28 bits per heavy atom. The normalized spacial score (nSPS) is 10.2. The highest BCUT2D eigenvalue weighted by atomic mass is 35.5. The Morgan fingerprint density at radius 2 is 2.06 bits per heavy atom. The van der Waals surface area contributed by atoms with Gasteiger partial charge in [-0.25, -0.2) is 0 Å². The van der Waals surface area contributed by atoms with Crippen LogP contribution < -0.4 is 9.47 Å². The molecule has 6 heteroatoms. The molecule has 0 unspecified atom stereocenters. The molecule has 0 aliphatic carbocycles. The van der Waals surface area contributed by atoms with Gasteiger partial charge in [-0.2, -0.15) is 0 Å². The van der Waals surface area contributed by atoms with Crippen LogP contribution in [0.2, 0.25) is 0 Å². The summed E-state index contributed by atoms with van der Waals surface area (Å²) in [6.07, 6.45) is 0. The third-order valence-corrected chi connectivity index (χ3v) is 2.58. The zero-order chi connectivity index (χ0) is 13.1. The first-order chi connectivity index (χ1) is 8.65. The summed E-state index contributed by atoms with van der Waals surface area (Å²) in [6.45, 7) is 0. The van der Waals surface area contributed by atoms with Gasteiger partial charge >= 0.3 is 0 Å². The van der Waals surface area contributed by atoms with E-state index in [0.717, 1.165) is 0 Å². The average Bonchev–Trinajstić information content (AvgIpc) is 2.87. The van der Waals surface area contributed by atoms with Gasteiger partial charge in [-0.3, -0.25) is 4.79 Å². The molecule has 5 nitrogen and oxygen atoms in total. The number of aromatic nitrogens is 1. The Hall–Kier alpha value is -2.01. The zero-order valence-corrected chi connectivity index (χ0v) is 10.5. The highest BCUT2D eigenvalue weighted by Crippen LogP contribution is 2.33. The maximum Gasteiger partial charge on any atom is 0.274 e. The molecule has 0 spiro atoms. The summed E-state index contributed by atoms with van der Waals surface area (Å²) in [7, 11) is 3.09.